The predicted octanol–water partition coefficient (Wildman–Crippen LogP) is 2.37. The first-order valence-corrected chi connectivity index (χ1v) is 8.32. The molecule has 2 heterocycles. The first kappa shape index (κ1) is 18.6. The van der Waals surface area contributed by atoms with Crippen LogP contribution in [0.25, 0.3) is 6.08 Å². The predicted molar refractivity (Wildman–Crippen MR) is 98.8 cm³/mol. The van der Waals surface area contributed by atoms with Gasteiger partial charge in [-0.1, -0.05) is 12.1 Å². The maximum atomic E-state index is 11.8. The number of nitrogens with one attached hydrogen (secondary N) is 1. The second-order valence-electron chi connectivity index (χ2n) is 5.60. The SMILES string of the molecule is COc1cccc(C=C2SC(=O)NC2=O)c1N1CCCC(N)C1.Cl. The van der Waals surface area contributed by atoms with Crippen LogP contribution in [0.15, 0.2) is 23.1 Å². The van der Waals surface area contributed by atoms with E-state index in [2.05, 4.69) is 10.2 Å². The number of hydrogen-bond donors (Lipinski definition) is 2. The summed E-state index contributed by atoms with van der Waals surface area (Å²) in [4.78, 5) is 25.7. The van der Waals surface area contributed by atoms with Crippen LogP contribution >= 0.6 is 24.2 Å². The molecule has 1 atom stereocenters. The maximum absolute atomic E-state index is 11.8. The van der Waals surface area contributed by atoms with Crippen LogP contribution in [0.1, 0.15) is 18.4 Å². The van der Waals surface area contributed by atoms with Gasteiger partial charge in [-0.2, -0.15) is 0 Å². The summed E-state index contributed by atoms with van der Waals surface area (Å²) in [5, 5.41) is 1.93. The molecule has 2 saturated heterocycles. The third kappa shape index (κ3) is 3.85. The van der Waals surface area contributed by atoms with Crippen LogP contribution in [0.3, 0.4) is 0 Å². The van der Waals surface area contributed by atoms with E-state index in [1.165, 1.54) is 0 Å². The number of halogens is 1. The van der Waals surface area contributed by atoms with Crippen molar-refractivity contribution in [2.45, 2.75) is 18.9 Å². The molecule has 1 aromatic carbocycles. The number of amides is 2. The minimum atomic E-state index is -0.357. The van der Waals surface area contributed by atoms with Gasteiger partial charge in [0.15, 0.2) is 0 Å². The zero-order valence-corrected chi connectivity index (χ0v) is 14.9. The van der Waals surface area contributed by atoms with Gasteiger partial charge in [-0.05, 0) is 36.7 Å². The molecule has 2 fully saturated rings. The molecule has 130 valence electrons. The number of rotatable bonds is 3. The number of imide groups is 1. The van der Waals surface area contributed by atoms with Gasteiger partial charge in [-0.3, -0.25) is 14.9 Å². The molecule has 1 unspecified atom stereocenters. The molecule has 1 aromatic rings. The quantitative estimate of drug-likeness (QED) is 0.796. The second-order valence-corrected chi connectivity index (χ2v) is 6.61. The van der Waals surface area contributed by atoms with Crippen LogP contribution in [0.5, 0.6) is 5.75 Å². The fourth-order valence-corrected chi connectivity index (χ4v) is 3.61. The third-order valence-corrected chi connectivity index (χ3v) is 4.76. The lowest BCUT2D eigenvalue weighted by atomic mass is 10.0. The molecule has 6 nitrogen and oxygen atoms in total. The molecule has 0 saturated carbocycles. The maximum Gasteiger partial charge on any atom is 0.290 e. The monoisotopic (exact) mass is 369 g/mol. The summed E-state index contributed by atoms with van der Waals surface area (Å²) < 4.78 is 5.50. The highest BCUT2D eigenvalue weighted by Gasteiger charge is 2.27. The van der Waals surface area contributed by atoms with Crippen LogP contribution in [0, 0.1) is 0 Å². The highest BCUT2D eigenvalue weighted by Crippen LogP contribution is 2.37. The van der Waals surface area contributed by atoms with Crippen molar-refractivity contribution in [3.05, 3.63) is 28.7 Å². The van der Waals surface area contributed by atoms with Crippen molar-refractivity contribution in [1.82, 2.24) is 5.32 Å². The lowest BCUT2D eigenvalue weighted by Gasteiger charge is -2.34. The number of nitrogens with two attached hydrogens (primary N) is 1. The molecule has 0 spiro atoms. The van der Waals surface area contributed by atoms with Gasteiger partial charge in [0.1, 0.15) is 5.75 Å². The Hall–Kier alpha value is -1.70. The van der Waals surface area contributed by atoms with Crippen molar-refractivity contribution in [1.29, 1.82) is 0 Å². The fraction of sp³-hybridized carbons (Fsp3) is 0.375. The minimum absolute atomic E-state index is 0. The standard InChI is InChI=1S/C16H19N3O3S.ClH/c1-22-12-6-2-4-10(8-13-15(20)18-16(21)23-13)14(12)19-7-3-5-11(17)9-19;/h2,4,6,8,11H,3,5,7,9,17H2,1H3,(H,18,20,21);1H. The number of nitrogens with zero attached hydrogens (tertiary/aromatic N) is 1. The first-order chi connectivity index (χ1) is 11.1. The lowest BCUT2D eigenvalue weighted by molar-refractivity contribution is -0.115. The molecule has 2 amide bonds. The van der Waals surface area contributed by atoms with Crippen molar-refractivity contribution in [3.63, 3.8) is 0 Å². The number of carbonyl (C=O) groups is 2. The number of hydrogen-bond acceptors (Lipinski definition) is 6. The molecule has 0 aromatic heterocycles. The smallest absolute Gasteiger partial charge is 0.290 e. The Bertz CT molecular complexity index is 681. The summed E-state index contributed by atoms with van der Waals surface area (Å²) in [5.74, 6) is 0.382. The zero-order chi connectivity index (χ0) is 16.4. The van der Waals surface area contributed by atoms with Crippen molar-refractivity contribution in [3.8, 4) is 5.75 Å². The van der Waals surface area contributed by atoms with Gasteiger partial charge in [0, 0.05) is 24.7 Å². The Kier molecular flexibility index (Phi) is 6.15. The normalized spacial score (nSPS) is 22.3. The van der Waals surface area contributed by atoms with Crippen molar-refractivity contribution in [2.75, 3.05) is 25.1 Å². The van der Waals surface area contributed by atoms with Gasteiger partial charge in [-0.25, -0.2) is 0 Å². The molecule has 0 bridgehead atoms. The molecule has 3 N–H and O–H groups in total. The average Bonchev–Trinajstić information content (AvgIpc) is 2.84. The van der Waals surface area contributed by atoms with Crippen LogP contribution < -0.4 is 20.7 Å². The van der Waals surface area contributed by atoms with E-state index in [-0.39, 0.29) is 29.6 Å². The fourth-order valence-electron chi connectivity index (χ4n) is 2.93. The van der Waals surface area contributed by atoms with E-state index in [1.807, 2.05) is 18.2 Å². The minimum Gasteiger partial charge on any atom is -0.495 e. The highest BCUT2D eigenvalue weighted by atomic mass is 35.5. The van der Waals surface area contributed by atoms with Crippen LogP contribution in [0.4, 0.5) is 10.5 Å². The van der Waals surface area contributed by atoms with Gasteiger partial charge in [0.05, 0.1) is 17.7 Å². The number of piperidine rings is 1. The van der Waals surface area contributed by atoms with Gasteiger partial charge >= 0.3 is 0 Å². The van der Waals surface area contributed by atoms with Crippen molar-refractivity contribution >= 4 is 47.1 Å². The summed E-state index contributed by atoms with van der Waals surface area (Å²) in [7, 11) is 1.63. The number of para-hydroxylation sites is 1. The Morgan fingerprint density at radius 1 is 1.42 bits per heavy atom. The highest BCUT2D eigenvalue weighted by molar-refractivity contribution is 8.18. The molecular weight excluding hydrogens is 350 g/mol. The lowest BCUT2D eigenvalue weighted by Crippen LogP contribution is -2.43. The van der Waals surface area contributed by atoms with Gasteiger partial charge in [0.2, 0.25) is 0 Å². The largest absolute Gasteiger partial charge is 0.495 e. The molecule has 2 aliphatic heterocycles. The van der Waals surface area contributed by atoms with E-state index in [0.717, 1.165) is 54.7 Å². The Balaban J connectivity index is 0.00000208. The van der Waals surface area contributed by atoms with Crippen LogP contribution in [-0.2, 0) is 4.79 Å². The molecule has 0 radical (unpaired) electrons. The Morgan fingerprint density at radius 2 is 2.21 bits per heavy atom. The number of ether oxygens (including phenoxy) is 1. The molecule has 2 aliphatic rings. The van der Waals surface area contributed by atoms with E-state index in [0.29, 0.717) is 4.91 Å². The van der Waals surface area contributed by atoms with Gasteiger partial charge < -0.3 is 15.4 Å². The van der Waals surface area contributed by atoms with Crippen molar-refractivity contribution in [2.24, 2.45) is 5.73 Å². The molecule has 24 heavy (non-hydrogen) atoms. The average molecular weight is 370 g/mol. The zero-order valence-electron chi connectivity index (χ0n) is 13.3. The number of thioether (sulfide) groups is 1. The van der Waals surface area contributed by atoms with Crippen LogP contribution in [0.2, 0.25) is 0 Å². The number of anilines is 1. The molecule has 8 heteroatoms. The second kappa shape index (κ2) is 7.92. The summed E-state index contributed by atoms with van der Waals surface area (Å²) in [5.41, 5.74) is 7.87. The number of methoxy groups -OCH3 is 1. The molecule has 0 aliphatic carbocycles. The topological polar surface area (TPSA) is 84.7 Å². The van der Waals surface area contributed by atoms with Gasteiger partial charge in [0.25, 0.3) is 11.1 Å². The Labute approximate surface area is 151 Å². The number of benzene rings is 1. The van der Waals surface area contributed by atoms with E-state index in [4.69, 9.17) is 10.5 Å². The van der Waals surface area contributed by atoms with E-state index in [1.54, 1.807) is 13.2 Å². The third-order valence-electron chi connectivity index (χ3n) is 3.95. The van der Waals surface area contributed by atoms with Crippen molar-refractivity contribution < 1.29 is 14.3 Å². The summed E-state index contributed by atoms with van der Waals surface area (Å²) in [6.07, 6.45) is 3.76. The van der Waals surface area contributed by atoms with Crippen LogP contribution in [-0.4, -0.2) is 37.4 Å². The molecular formula is C16H20ClN3O3S. The van der Waals surface area contributed by atoms with Gasteiger partial charge in [-0.15, -0.1) is 12.4 Å². The summed E-state index contributed by atoms with van der Waals surface area (Å²) in [6, 6.07) is 5.81. The Morgan fingerprint density at radius 3 is 2.83 bits per heavy atom. The first-order valence-electron chi connectivity index (χ1n) is 7.51. The summed E-state index contributed by atoms with van der Waals surface area (Å²) in [6.45, 7) is 1.64. The summed E-state index contributed by atoms with van der Waals surface area (Å²) >= 11 is 0.915. The number of carbonyl (C=O) groups excluding carboxylic acids is 2. The van der Waals surface area contributed by atoms with E-state index >= 15 is 0 Å². The van der Waals surface area contributed by atoms with E-state index in [9.17, 15) is 9.59 Å². The molecule has 3 rings (SSSR count). The van der Waals surface area contributed by atoms with E-state index < -0.39 is 0 Å².